The summed E-state index contributed by atoms with van der Waals surface area (Å²) < 4.78 is 15.5. The average Bonchev–Trinajstić information content (AvgIpc) is 2.99. The molecule has 0 unspecified atom stereocenters. The van der Waals surface area contributed by atoms with Crippen LogP contribution >= 0.6 is 0 Å². The number of rotatable bonds is 7. The molecule has 28 heavy (non-hydrogen) atoms. The molecule has 1 N–H and O–H groups in total. The highest BCUT2D eigenvalue weighted by Gasteiger charge is 2.27. The lowest BCUT2D eigenvalue weighted by Crippen LogP contribution is -2.16. The van der Waals surface area contributed by atoms with Crippen molar-refractivity contribution in [1.82, 2.24) is 0 Å². The minimum atomic E-state index is -0.521. The topological polar surface area (TPSA) is 90.9 Å². The summed E-state index contributed by atoms with van der Waals surface area (Å²) in [4.78, 5) is 36.1. The molecule has 0 aliphatic carbocycles. The number of fused-ring (bicyclic) bond motifs is 1. The first-order valence-electron chi connectivity index (χ1n) is 8.77. The first-order valence-corrected chi connectivity index (χ1v) is 8.77. The van der Waals surface area contributed by atoms with E-state index in [-0.39, 0.29) is 30.6 Å². The molecule has 0 aromatic heterocycles. The van der Waals surface area contributed by atoms with E-state index in [4.69, 9.17) is 14.2 Å². The Morgan fingerprint density at radius 3 is 2.50 bits per heavy atom. The van der Waals surface area contributed by atoms with Gasteiger partial charge in [0.1, 0.15) is 0 Å². The molecule has 2 aromatic rings. The molecule has 146 valence electrons. The van der Waals surface area contributed by atoms with Crippen molar-refractivity contribution >= 4 is 23.3 Å². The summed E-state index contributed by atoms with van der Waals surface area (Å²) in [5.74, 6) is -0.175. The second kappa shape index (κ2) is 8.12. The van der Waals surface area contributed by atoms with Crippen molar-refractivity contribution in [3.8, 4) is 11.5 Å². The number of nitrogens with one attached hydrogen (secondary N) is 1. The lowest BCUT2D eigenvalue weighted by atomic mass is 9.99. The van der Waals surface area contributed by atoms with Gasteiger partial charge in [-0.3, -0.25) is 14.4 Å². The highest BCUT2D eigenvalue weighted by Crippen LogP contribution is 2.32. The van der Waals surface area contributed by atoms with Crippen LogP contribution in [0.25, 0.3) is 0 Å². The number of Topliss-reactive ketones (excluding diaryl/α,β-unsaturated/α-hetero) is 1. The summed E-state index contributed by atoms with van der Waals surface area (Å²) in [6.07, 6.45) is 0.00722. The van der Waals surface area contributed by atoms with Crippen molar-refractivity contribution in [1.29, 1.82) is 0 Å². The van der Waals surface area contributed by atoms with E-state index < -0.39 is 5.97 Å². The van der Waals surface area contributed by atoms with Crippen molar-refractivity contribution in [2.24, 2.45) is 0 Å². The van der Waals surface area contributed by atoms with Crippen LogP contribution in [0.15, 0.2) is 36.4 Å². The number of esters is 1. The number of anilines is 1. The molecule has 0 radical (unpaired) electrons. The average molecular weight is 383 g/mol. The molecule has 1 aliphatic rings. The molecular weight excluding hydrogens is 362 g/mol. The molecule has 3 rings (SSSR count). The third kappa shape index (κ3) is 3.98. The molecule has 1 heterocycles. The summed E-state index contributed by atoms with van der Waals surface area (Å²) >= 11 is 0. The molecule has 1 amide bonds. The predicted molar refractivity (Wildman–Crippen MR) is 102 cm³/mol. The first-order chi connectivity index (χ1) is 13.4. The van der Waals surface area contributed by atoms with Gasteiger partial charge >= 0.3 is 5.97 Å². The van der Waals surface area contributed by atoms with Gasteiger partial charge < -0.3 is 19.5 Å². The second-order valence-electron chi connectivity index (χ2n) is 6.46. The summed E-state index contributed by atoms with van der Waals surface area (Å²) in [6, 6.07) is 10.1. The fraction of sp³-hybridized carbons (Fsp3) is 0.286. The van der Waals surface area contributed by atoms with Crippen LogP contribution in [-0.4, -0.2) is 38.5 Å². The summed E-state index contributed by atoms with van der Waals surface area (Å²) in [6.45, 7) is 1.42. The van der Waals surface area contributed by atoms with Crippen LogP contribution in [0.4, 0.5) is 5.69 Å². The van der Waals surface area contributed by atoms with Crippen LogP contribution in [0.1, 0.15) is 34.3 Å². The Bertz CT molecular complexity index is 936. The van der Waals surface area contributed by atoms with E-state index in [0.29, 0.717) is 28.3 Å². The number of ether oxygens (including phenoxy) is 3. The van der Waals surface area contributed by atoms with Crippen molar-refractivity contribution in [2.45, 2.75) is 19.3 Å². The molecule has 0 saturated heterocycles. The van der Waals surface area contributed by atoms with E-state index >= 15 is 0 Å². The highest BCUT2D eigenvalue weighted by atomic mass is 16.5. The van der Waals surface area contributed by atoms with Crippen LogP contribution in [0.2, 0.25) is 0 Å². The Kier molecular flexibility index (Phi) is 5.63. The maximum absolute atomic E-state index is 12.4. The van der Waals surface area contributed by atoms with E-state index in [1.807, 2.05) is 0 Å². The van der Waals surface area contributed by atoms with Gasteiger partial charge in [0, 0.05) is 11.3 Å². The Hall–Kier alpha value is -3.35. The second-order valence-corrected chi connectivity index (χ2v) is 6.46. The Balaban J connectivity index is 1.59. The number of benzene rings is 2. The fourth-order valence-corrected chi connectivity index (χ4v) is 3.03. The Morgan fingerprint density at radius 1 is 1.04 bits per heavy atom. The largest absolute Gasteiger partial charge is 0.493 e. The van der Waals surface area contributed by atoms with Gasteiger partial charge in [-0.25, -0.2) is 0 Å². The van der Waals surface area contributed by atoms with Gasteiger partial charge in [-0.15, -0.1) is 0 Å². The van der Waals surface area contributed by atoms with Crippen LogP contribution in [0.5, 0.6) is 11.5 Å². The smallest absolute Gasteiger partial charge is 0.310 e. The third-order valence-corrected chi connectivity index (χ3v) is 4.65. The SMILES string of the molecule is COc1ccc(CC(=O)OCC(=O)c2ccc3c(c2)[C@H](C)C(=O)N3)cc1OC. The van der Waals surface area contributed by atoms with Gasteiger partial charge in [0.2, 0.25) is 5.91 Å². The molecule has 7 nitrogen and oxygen atoms in total. The molecule has 7 heteroatoms. The van der Waals surface area contributed by atoms with Crippen molar-refractivity contribution in [3.05, 3.63) is 53.1 Å². The van der Waals surface area contributed by atoms with Gasteiger partial charge in [0.25, 0.3) is 0 Å². The molecule has 1 aliphatic heterocycles. The fourth-order valence-electron chi connectivity index (χ4n) is 3.03. The van der Waals surface area contributed by atoms with Crippen molar-refractivity contribution < 1.29 is 28.6 Å². The molecular formula is C21H21NO6. The highest BCUT2D eigenvalue weighted by molar-refractivity contribution is 6.05. The lowest BCUT2D eigenvalue weighted by molar-refractivity contribution is -0.141. The van der Waals surface area contributed by atoms with Crippen LogP contribution < -0.4 is 14.8 Å². The normalized spacial score (nSPS) is 14.8. The molecule has 0 saturated carbocycles. The first kappa shape index (κ1) is 19.4. The summed E-state index contributed by atoms with van der Waals surface area (Å²) in [5.41, 5.74) is 2.57. The van der Waals surface area contributed by atoms with Gasteiger partial charge in [0.05, 0.1) is 26.6 Å². The van der Waals surface area contributed by atoms with Crippen LogP contribution in [0.3, 0.4) is 0 Å². The van der Waals surface area contributed by atoms with Gasteiger partial charge in [0.15, 0.2) is 23.9 Å². The molecule has 0 spiro atoms. The van der Waals surface area contributed by atoms with Gasteiger partial charge in [-0.2, -0.15) is 0 Å². The predicted octanol–water partition coefficient (Wildman–Crippen LogP) is 2.73. The minimum Gasteiger partial charge on any atom is -0.493 e. The monoisotopic (exact) mass is 383 g/mol. The lowest BCUT2D eigenvalue weighted by Gasteiger charge is -2.10. The zero-order valence-electron chi connectivity index (χ0n) is 15.9. The number of hydrogen-bond acceptors (Lipinski definition) is 6. The molecule has 2 aromatic carbocycles. The van der Waals surface area contributed by atoms with Crippen LogP contribution in [-0.2, 0) is 20.7 Å². The Labute approximate surface area is 162 Å². The number of ketones is 1. The minimum absolute atomic E-state index is 0.00722. The zero-order chi connectivity index (χ0) is 20.3. The van der Waals surface area contributed by atoms with E-state index in [1.54, 1.807) is 43.3 Å². The van der Waals surface area contributed by atoms with Crippen molar-refractivity contribution in [3.63, 3.8) is 0 Å². The van der Waals surface area contributed by atoms with Crippen molar-refractivity contribution in [2.75, 3.05) is 26.1 Å². The molecule has 1 atom stereocenters. The van der Waals surface area contributed by atoms with Gasteiger partial charge in [-0.05, 0) is 48.4 Å². The zero-order valence-corrected chi connectivity index (χ0v) is 15.9. The number of amides is 1. The molecule has 0 fully saturated rings. The Morgan fingerprint density at radius 2 is 1.79 bits per heavy atom. The number of hydrogen-bond donors (Lipinski definition) is 1. The molecule has 0 bridgehead atoms. The maximum atomic E-state index is 12.4. The standard InChI is InChI=1S/C21H21NO6/c1-12-15-10-14(5-6-16(15)22-21(12)25)17(23)11-28-20(24)9-13-4-7-18(26-2)19(8-13)27-3/h4-8,10,12H,9,11H2,1-3H3,(H,22,25)/t12-/m0/s1. The summed E-state index contributed by atoms with van der Waals surface area (Å²) in [5, 5.41) is 2.75. The quantitative estimate of drug-likeness (QED) is 0.584. The van der Waals surface area contributed by atoms with E-state index in [0.717, 1.165) is 5.56 Å². The van der Waals surface area contributed by atoms with Gasteiger partial charge in [-0.1, -0.05) is 6.07 Å². The van der Waals surface area contributed by atoms with E-state index in [2.05, 4.69) is 5.32 Å². The third-order valence-electron chi connectivity index (χ3n) is 4.65. The number of carbonyl (C=O) groups is 3. The number of carbonyl (C=O) groups excluding carboxylic acids is 3. The maximum Gasteiger partial charge on any atom is 0.310 e. The van der Waals surface area contributed by atoms with E-state index in [1.165, 1.54) is 14.2 Å². The summed E-state index contributed by atoms with van der Waals surface area (Å²) in [7, 11) is 3.04. The number of methoxy groups -OCH3 is 2. The van der Waals surface area contributed by atoms with E-state index in [9.17, 15) is 14.4 Å². The van der Waals surface area contributed by atoms with Crippen LogP contribution in [0, 0.1) is 0 Å².